The monoisotopic (exact) mass is 365 g/mol. The highest BCUT2D eigenvalue weighted by Gasteiger charge is 2.22. The maximum atomic E-state index is 12.8. The van der Waals surface area contributed by atoms with Crippen LogP contribution in [0, 0.1) is 0 Å². The third-order valence-electron chi connectivity index (χ3n) is 5.39. The average Bonchev–Trinajstić information content (AvgIpc) is 2.62. The summed E-state index contributed by atoms with van der Waals surface area (Å²) < 4.78 is 0. The van der Waals surface area contributed by atoms with Gasteiger partial charge in [-0.05, 0) is 67.5 Å². The molecule has 1 aliphatic rings. The lowest BCUT2D eigenvalue weighted by molar-refractivity contribution is 0.102. The number of amides is 1. The number of nitrogen functional groups attached to an aromatic ring is 1. The van der Waals surface area contributed by atoms with E-state index in [1.807, 2.05) is 42.5 Å². The molecule has 1 heterocycles. The summed E-state index contributed by atoms with van der Waals surface area (Å²) in [6.45, 7) is 9.75. The Morgan fingerprint density at radius 3 is 2.44 bits per heavy atom. The number of hydrogen-bond donors (Lipinski definition) is 2. The maximum Gasteiger partial charge on any atom is 0.255 e. The van der Waals surface area contributed by atoms with E-state index in [2.05, 4.69) is 37.9 Å². The second kappa shape index (κ2) is 7.63. The lowest BCUT2D eigenvalue weighted by Crippen LogP contribution is -2.38. The second-order valence-electron chi connectivity index (χ2n) is 8.60. The van der Waals surface area contributed by atoms with Crippen LogP contribution in [0.4, 0.5) is 17.1 Å². The lowest BCUT2D eigenvalue weighted by atomic mass is 9.87. The highest BCUT2D eigenvalue weighted by Crippen LogP contribution is 2.33. The van der Waals surface area contributed by atoms with Crippen molar-refractivity contribution in [1.29, 1.82) is 0 Å². The van der Waals surface area contributed by atoms with Gasteiger partial charge in [0, 0.05) is 23.8 Å². The van der Waals surface area contributed by atoms with Gasteiger partial charge in [0.1, 0.15) is 0 Å². The number of piperidine rings is 1. The molecule has 4 heteroatoms. The van der Waals surface area contributed by atoms with Crippen molar-refractivity contribution in [3.05, 3.63) is 53.6 Å². The molecular weight excluding hydrogens is 334 g/mol. The number of rotatable bonds is 3. The van der Waals surface area contributed by atoms with E-state index in [1.54, 1.807) is 0 Å². The van der Waals surface area contributed by atoms with E-state index in [4.69, 9.17) is 5.73 Å². The first-order chi connectivity index (χ1) is 12.8. The minimum Gasteiger partial charge on any atom is -0.399 e. The minimum atomic E-state index is -0.105. The van der Waals surface area contributed by atoms with Gasteiger partial charge in [0.25, 0.3) is 5.91 Å². The van der Waals surface area contributed by atoms with Crippen molar-refractivity contribution in [2.45, 2.75) is 58.4 Å². The van der Waals surface area contributed by atoms with Crippen molar-refractivity contribution in [3.63, 3.8) is 0 Å². The Hall–Kier alpha value is -2.49. The first-order valence-electron chi connectivity index (χ1n) is 9.84. The molecule has 0 radical (unpaired) electrons. The van der Waals surface area contributed by atoms with E-state index in [0.717, 1.165) is 17.9 Å². The standard InChI is InChI=1S/C23H31N3O/c1-16-7-5-6-14-26(16)21-13-12-19(24)15-20(21)25-22(27)17-8-10-18(11-9-17)23(2,3)4/h8-13,15-16H,5-7,14,24H2,1-4H3,(H,25,27)/t16-/m0/s1. The van der Waals surface area contributed by atoms with Crippen LogP contribution in [0.5, 0.6) is 0 Å². The summed E-state index contributed by atoms with van der Waals surface area (Å²) in [6.07, 6.45) is 3.61. The van der Waals surface area contributed by atoms with E-state index in [9.17, 15) is 4.79 Å². The Balaban J connectivity index is 1.84. The Morgan fingerprint density at radius 1 is 1.11 bits per heavy atom. The van der Waals surface area contributed by atoms with Crippen LogP contribution in [0.25, 0.3) is 0 Å². The lowest BCUT2D eigenvalue weighted by Gasteiger charge is -2.36. The summed E-state index contributed by atoms with van der Waals surface area (Å²) in [6, 6.07) is 14.1. The predicted molar refractivity (Wildman–Crippen MR) is 115 cm³/mol. The van der Waals surface area contributed by atoms with Crippen LogP contribution in [0.15, 0.2) is 42.5 Å². The van der Waals surface area contributed by atoms with Gasteiger partial charge in [-0.1, -0.05) is 32.9 Å². The molecule has 1 fully saturated rings. The molecule has 0 aromatic heterocycles. The van der Waals surface area contributed by atoms with Crippen LogP contribution in [-0.4, -0.2) is 18.5 Å². The number of nitrogens with two attached hydrogens (primary N) is 1. The van der Waals surface area contributed by atoms with Gasteiger partial charge in [-0.3, -0.25) is 4.79 Å². The summed E-state index contributed by atoms with van der Waals surface area (Å²) in [5, 5.41) is 3.08. The fourth-order valence-electron chi connectivity index (χ4n) is 3.68. The number of nitrogens with zero attached hydrogens (tertiary/aromatic N) is 1. The van der Waals surface area contributed by atoms with Crippen molar-refractivity contribution in [2.24, 2.45) is 0 Å². The molecule has 144 valence electrons. The number of carbonyl (C=O) groups is 1. The fraction of sp³-hybridized carbons (Fsp3) is 0.435. The van der Waals surface area contributed by atoms with Crippen LogP contribution in [0.2, 0.25) is 0 Å². The molecule has 1 amide bonds. The van der Waals surface area contributed by atoms with E-state index in [0.29, 0.717) is 17.3 Å². The normalized spacial score (nSPS) is 17.6. The molecule has 3 N–H and O–H groups in total. The minimum absolute atomic E-state index is 0.0699. The van der Waals surface area contributed by atoms with E-state index >= 15 is 0 Å². The zero-order chi connectivity index (χ0) is 19.6. The van der Waals surface area contributed by atoms with Crippen molar-refractivity contribution in [2.75, 3.05) is 22.5 Å². The van der Waals surface area contributed by atoms with E-state index < -0.39 is 0 Å². The Labute approximate surface area is 162 Å². The second-order valence-corrected chi connectivity index (χ2v) is 8.60. The molecule has 1 saturated heterocycles. The van der Waals surface area contributed by atoms with Crippen molar-refractivity contribution in [1.82, 2.24) is 0 Å². The van der Waals surface area contributed by atoms with Gasteiger partial charge in [0.15, 0.2) is 0 Å². The quantitative estimate of drug-likeness (QED) is 0.735. The molecule has 0 bridgehead atoms. The zero-order valence-electron chi connectivity index (χ0n) is 16.9. The molecule has 0 saturated carbocycles. The summed E-state index contributed by atoms with van der Waals surface area (Å²) in [5.74, 6) is -0.105. The largest absolute Gasteiger partial charge is 0.399 e. The van der Waals surface area contributed by atoms with Crippen LogP contribution in [0.3, 0.4) is 0 Å². The number of hydrogen-bond acceptors (Lipinski definition) is 3. The molecule has 2 aromatic carbocycles. The Kier molecular flexibility index (Phi) is 5.45. The molecular formula is C23H31N3O. The third-order valence-corrected chi connectivity index (χ3v) is 5.39. The summed E-state index contributed by atoms with van der Waals surface area (Å²) in [4.78, 5) is 15.2. The maximum absolute atomic E-state index is 12.8. The highest BCUT2D eigenvalue weighted by atomic mass is 16.1. The Morgan fingerprint density at radius 2 is 1.81 bits per heavy atom. The topological polar surface area (TPSA) is 58.4 Å². The number of anilines is 3. The zero-order valence-corrected chi connectivity index (χ0v) is 16.9. The van der Waals surface area contributed by atoms with Crippen molar-refractivity contribution in [3.8, 4) is 0 Å². The van der Waals surface area contributed by atoms with Crippen LogP contribution < -0.4 is 16.0 Å². The molecule has 1 aliphatic heterocycles. The first kappa shape index (κ1) is 19.3. The smallest absolute Gasteiger partial charge is 0.255 e. The third kappa shape index (κ3) is 4.44. The van der Waals surface area contributed by atoms with E-state index in [1.165, 1.54) is 24.8 Å². The SMILES string of the molecule is C[C@H]1CCCCN1c1ccc(N)cc1NC(=O)c1ccc(C(C)(C)C)cc1. The average molecular weight is 366 g/mol. The van der Waals surface area contributed by atoms with Crippen LogP contribution in [0.1, 0.15) is 62.9 Å². The van der Waals surface area contributed by atoms with Gasteiger partial charge in [0.2, 0.25) is 0 Å². The molecule has 1 atom stereocenters. The molecule has 0 unspecified atom stereocenters. The summed E-state index contributed by atoms with van der Waals surface area (Å²) in [7, 11) is 0. The summed E-state index contributed by atoms with van der Waals surface area (Å²) >= 11 is 0. The molecule has 3 rings (SSSR count). The highest BCUT2D eigenvalue weighted by molar-refractivity contribution is 6.06. The van der Waals surface area contributed by atoms with Gasteiger partial charge in [-0.2, -0.15) is 0 Å². The van der Waals surface area contributed by atoms with Gasteiger partial charge in [-0.25, -0.2) is 0 Å². The fourth-order valence-corrected chi connectivity index (χ4v) is 3.68. The van der Waals surface area contributed by atoms with Crippen LogP contribution in [-0.2, 0) is 5.41 Å². The molecule has 4 nitrogen and oxygen atoms in total. The van der Waals surface area contributed by atoms with Crippen molar-refractivity contribution >= 4 is 23.0 Å². The van der Waals surface area contributed by atoms with Gasteiger partial charge < -0.3 is 16.0 Å². The van der Waals surface area contributed by atoms with Gasteiger partial charge >= 0.3 is 0 Å². The molecule has 27 heavy (non-hydrogen) atoms. The predicted octanol–water partition coefficient (Wildman–Crippen LogP) is 5.20. The number of benzene rings is 2. The van der Waals surface area contributed by atoms with Gasteiger partial charge in [-0.15, -0.1) is 0 Å². The molecule has 2 aromatic rings. The number of carbonyl (C=O) groups excluding carboxylic acids is 1. The van der Waals surface area contributed by atoms with E-state index in [-0.39, 0.29) is 11.3 Å². The number of nitrogens with one attached hydrogen (secondary N) is 1. The summed E-state index contributed by atoms with van der Waals surface area (Å²) in [5.41, 5.74) is 10.4. The molecule has 0 aliphatic carbocycles. The van der Waals surface area contributed by atoms with Gasteiger partial charge in [0.05, 0.1) is 11.4 Å². The van der Waals surface area contributed by atoms with Crippen molar-refractivity contribution < 1.29 is 4.79 Å². The first-order valence-corrected chi connectivity index (χ1v) is 9.84. The Bertz CT molecular complexity index is 805. The molecule has 0 spiro atoms. The van der Waals surface area contributed by atoms with Crippen LogP contribution >= 0.6 is 0 Å².